The van der Waals surface area contributed by atoms with E-state index in [1.165, 1.54) is 19.3 Å². The Hall–Kier alpha value is -2.55. The highest BCUT2D eigenvalue weighted by atomic mass is 19.4. The van der Waals surface area contributed by atoms with Gasteiger partial charge >= 0.3 is 6.18 Å². The standard InChI is InChI=1S/C20H25F4N3O2/c1-12(2)27(4)11-26-16-10-17(29-5)15(9-13(16)3)19(28,20(22,23)24)14-7-6-8-25-18(14)21/h6-7,9-12,25,28H,8H2,1-5H3/b26-11+. The first-order valence-electron chi connectivity index (χ1n) is 8.98. The number of dihydropyridines is 1. The van der Waals surface area contributed by atoms with Gasteiger partial charge in [0, 0.05) is 36.8 Å². The fourth-order valence-electron chi connectivity index (χ4n) is 2.78. The summed E-state index contributed by atoms with van der Waals surface area (Å²) in [5.74, 6) is -1.50. The topological polar surface area (TPSA) is 57.1 Å². The molecule has 0 saturated heterocycles. The molecule has 9 heteroatoms. The van der Waals surface area contributed by atoms with Crippen LogP contribution in [-0.2, 0) is 5.60 Å². The second-order valence-electron chi connectivity index (χ2n) is 7.06. The van der Waals surface area contributed by atoms with Crippen molar-refractivity contribution in [1.29, 1.82) is 0 Å². The molecule has 0 amide bonds. The Morgan fingerprint density at radius 1 is 1.31 bits per heavy atom. The number of rotatable bonds is 6. The summed E-state index contributed by atoms with van der Waals surface area (Å²) < 4.78 is 61.5. The highest BCUT2D eigenvalue weighted by Gasteiger charge is 2.59. The van der Waals surface area contributed by atoms with Gasteiger partial charge in [0.25, 0.3) is 0 Å². The third-order valence-corrected chi connectivity index (χ3v) is 4.80. The lowest BCUT2D eigenvalue weighted by Gasteiger charge is -2.34. The third kappa shape index (κ3) is 4.39. The van der Waals surface area contributed by atoms with E-state index in [-0.39, 0.29) is 18.3 Å². The van der Waals surface area contributed by atoms with Gasteiger partial charge in [-0.2, -0.15) is 17.6 Å². The Morgan fingerprint density at radius 3 is 2.48 bits per heavy atom. The largest absolute Gasteiger partial charge is 0.496 e. The summed E-state index contributed by atoms with van der Waals surface area (Å²) >= 11 is 0. The number of nitrogens with one attached hydrogen (secondary N) is 1. The maximum Gasteiger partial charge on any atom is 0.426 e. The minimum atomic E-state index is -5.20. The van der Waals surface area contributed by atoms with E-state index in [1.807, 2.05) is 25.8 Å². The van der Waals surface area contributed by atoms with E-state index in [9.17, 15) is 22.7 Å². The van der Waals surface area contributed by atoms with E-state index in [1.54, 1.807) is 13.3 Å². The molecule has 1 heterocycles. The summed E-state index contributed by atoms with van der Waals surface area (Å²) in [5, 5.41) is 13.0. The van der Waals surface area contributed by atoms with Crippen molar-refractivity contribution in [2.75, 3.05) is 20.7 Å². The van der Waals surface area contributed by atoms with Crippen LogP contribution < -0.4 is 10.1 Å². The van der Waals surface area contributed by atoms with E-state index >= 15 is 0 Å². The quantitative estimate of drug-likeness (QED) is 0.318. The number of ether oxygens (including phenoxy) is 1. The smallest absolute Gasteiger partial charge is 0.426 e. The first-order valence-corrected chi connectivity index (χ1v) is 8.98. The molecule has 0 aromatic heterocycles. The Kier molecular flexibility index (Phi) is 6.62. The summed E-state index contributed by atoms with van der Waals surface area (Å²) in [7, 11) is 2.99. The molecule has 1 atom stereocenters. The van der Waals surface area contributed by atoms with Gasteiger partial charge in [-0.25, -0.2) is 4.99 Å². The van der Waals surface area contributed by atoms with Crippen LogP contribution in [0.4, 0.5) is 23.2 Å². The molecule has 0 fully saturated rings. The average molecular weight is 415 g/mol. The predicted molar refractivity (Wildman–Crippen MR) is 104 cm³/mol. The zero-order valence-electron chi connectivity index (χ0n) is 16.9. The summed E-state index contributed by atoms with van der Waals surface area (Å²) in [6.07, 6.45) is -1.42. The predicted octanol–water partition coefficient (Wildman–Crippen LogP) is 4.09. The van der Waals surface area contributed by atoms with Crippen molar-refractivity contribution in [3.8, 4) is 5.75 Å². The first-order chi connectivity index (χ1) is 13.4. The van der Waals surface area contributed by atoms with Crippen LogP contribution in [0.15, 0.2) is 40.8 Å². The molecule has 5 nitrogen and oxygen atoms in total. The number of aryl methyl sites for hydroxylation is 1. The molecular weight excluding hydrogens is 390 g/mol. The minimum Gasteiger partial charge on any atom is -0.496 e. The van der Waals surface area contributed by atoms with Crippen LogP contribution in [0.25, 0.3) is 0 Å². The zero-order valence-corrected chi connectivity index (χ0v) is 16.9. The molecule has 1 aromatic rings. The van der Waals surface area contributed by atoms with Gasteiger partial charge in [0.15, 0.2) is 5.95 Å². The molecule has 0 radical (unpaired) electrons. The van der Waals surface area contributed by atoms with Gasteiger partial charge in [-0.15, -0.1) is 0 Å². The molecule has 0 saturated carbocycles. The van der Waals surface area contributed by atoms with E-state index < -0.39 is 28.9 Å². The lowest BCUT2D eigenvalue weighted by molar-refractivity contribution is -0.249. The molecule has 1 aliphatic heterocycles. The molecule has 2 rings (SSSR count). The Balaban J connectivity index is 2.67. The number of aliphatic imine (C=N–C) groups is 1. The number of hydrogen-bond donors (Lipinski definition) is 2. The lowest BCUT2D eigenvalue weighted by Crippen LogP contribution is -2.45. The van der Waals surface area contributed by atoms with Crippen molar-refractivity contribution in [2.24, 2.45) is 4.99 Å². The van der Waals surface area contributed by atoms with Crippen molar-refractivity contribution in [3.05, 3.63) is 46.9 Å². The molecule has 1 unspecified atom stereocenters. The first kappa shape index (κ1) is 22.7. The third-order valence-electron chi connectivity index (χ3n) is 4.80. The minimum absolute atomic E-state index is 0.0243. The zero-order chi connectivity index (χ0) is 22.0. The van der Waals surface area contributed by atoms with Gasteiger partial charge in [0.05, 0.1) is 19.1 Å². The SMILES string of the molecule is COc1cc(/N=C/N(C)C(C)C)c(C)cc1C(O)(C1=C(F)NCC=C1)C(F)(F)F. The maximum absolute atomic E-state index is 14.2. The highest BCUT2D eigenvalue weighted by molar-refractivity contribution is 5.66. The maximum atomic E-state index is 14.2. The van der Waals surface area contributed by atoms with Gasteiger partial charge in [0.1, 0.15) is 5.75 Å². The Labute approximate surface area is 167 Å². The van der Waals surface area contributed by atoms with E-state index in [0.29, 0.717) is 11.3 Å². The van der Waals surface area contributed by atoms with Crippen LogP contribution >= 0.6 is 0 Å². The van der Waals surface area contributed by atoms with Crippen molar-refractivity contribution < 1.29 is 27.4 Å². The highest BCUT2D eigenvalue weighted by Crippen LogP contribution is 2.50. The summed E-state index contributed by atoms with van der Waals surface area (Å²) in [6, 6.07) is 2.60. The Morgan fingerprint density at radius 2 is 1.97 bits per heavy atom. The fraction of sp³-hybridized carbons (Fsp3) is 0.450. The van der Waals surface area contributed by atoms with E-state index in [4.69, 9.17) is 4.74 Å². The number of nitrogens with zero attached hydrogens (tertiary/aromatic N) is 2. The van der Waals surface area contributed by atoms with Crippen LogP contribution in [-0.4, -0.2) is 49.3 Å². The normalized spacial score (nSPS) is 16.9. The number of halogens is 4. The molecule has 0 spiro atoms. The van der Waals surface area contributed by atoms with E-state index in [2.05, 4.69) is 10.3 Å². The summed E-state index contributed by atoms with van der Waals surface area (Å²) in [4.78, 5) is 6.12. The average Bonchev–Trinajstić information content (AvgIpc) is 2.65. The van der Waals surface area contributed by atoms with E-state index in [0.717, 1.165) is 12.1 Å². The summed E-state index contributed by atoms with van der Waals surface area (Å²) in [5.41, 5.74) is -4.40. The second-order valence-corrected chi connectivity index (χ2v) is 7.06. The number of benzene rings is 1. The van der Waals surface area contributed by atoms with Gasteiger partial charge in [-0.1, -0.05) is 12.2 Å². The van der Waals surface area contributed by atoms with Gasteiger partial charge < -0.3 is 20.1 Å². The number of hydrogen-bond acceptors (Lipinski definition) is 4. The van der Waals surface area contributed by atoms with Crippen molar-refractivity contribution >= 4 is 12.0 Å². The number of methoxy groups -OCH3 is 1. The number of aliphatic hydroxyl groups is 1. The molecule has 2 N–H and O–H groups in total. The van der Waals surface area contributed by atoms with Gasteiger partial charge in [0.2, 0.25) is 5.60 Å². The molecule has 0 bridgehead atoms. The van der Waals surface area contributed by atoms with Crippen LogP contribution in [0.3, 0.4) is 0 Å². The monoisotopic (exact) mass is 415 g/mol. The lowest BCUT2D eigenvalue weighted by atomic mass is 9.83. The molecule has 29 heavy (non-hydrogen) atoms. The number of alkyl halides is 3. The van der Waals surface area contributed by atoms with Crippen LogP contribution in [0.1, 0.15) is 25.0 Å². The molecule has 1 aliphatic rings. The van der Waals surface area contributed by atoms with Crippen molar-refractivity contribution in [2.45, 2.75) is 38.6 Å². The van der Waals surface area contributed by atoms with Crippen LogP contribution in [0, 0.1) is 6.92 Å². The molecule has 1 aromatic carbocycles. The fourth-order valence-corrected chi connectivity index (χ4v) is 2.78. The van der Waals surface area contributed by atoms with Crippen molar-refractivity contribution in [1.82, 2.24) is 10.2 Å². The second kappa shape index (κ2) is 8.44. The summed E-state index contributed by atoms with van der Waals surface area (Å²) in [6.45, 7) is 5.50. The molecule has 160 valence electrons. The van der Waals surface area contributed by atoms with Crippen molar-refractivity contribution in [3.63, 3.8) is 0 Å². The van der Waals surface area contributed by atoms with Crippen LogP contribution in [0.5, 0.6) is 5.75 Å². The van der Waals surface area contributed by atoms with Gasteiger partial charge in [-0.3, -0.25) is 0 Å². The Bertz CT molecular complexity index is 847. The molecular formula is C20H25F4N3O2. The van der Waals surface area contributed by atoms with Crippen LogP contribution in [0.2, 0.25) is 0 Å². The van der Waals surface area contributed by atoms with Gasteiger partial charge in [-0.05, 0) is 32.4 Å². The molecule has 0 aliphatic carbocycles.